The highest BCUT2D eigenvalue weighted by molar-refractivity contribution is 7.47. The molecule has 0 radical (unpaired) electrons. The van der Waals surface area contributed by atoms with Crippen molar-refractivity contribution in [2.45, 2.75) is 394 Å². The Bertz CT molecular complexity index is 1820. The Hall–Kier alpha value is -1.94. The van der Waals surface area contributed by atoms with Crippen LogP contribution in [0.1, 0.15) is 376 Å². The lowest BCUT2D eigenvalue weighted by Gasteiger charge is -2.21. The molecule has 0 fully saturated rings. The number of ether oxygens (including phenoxy) is 4. The fourth-order valence-corrected chi connectivity index (χ4v) is 12.8. The minimum absolute atomic E-state index is 0.105. The molecule has 0 aliphatic carbocycles. The average Bonchev–Trinajstić information content (AvgIpc) is 1.47. The summed E-state index contributed by atoms with van der Waals surface area (Å²) in [6.07, 6.45) is 49.9. The number of carbonyl (C=O) groups is 4. The molecule has 6 atom stereocenters. The lowest BCUT2D eigenvalue weighted by Crippen LogP contribution is -2.30. The first kappa shape index (κ1) is 91.1. The summed E-state index contributed by atoms with van der Waals surface area (Å²) in [7, 11) is -9.91. The van der Waals surface area contributed by atoms with Gasteiger partial charge in [-0.15, -0.1) is 0 Å². The van der Waals surface area contributed by atoms with Crippen LogP contribution in [0.4, 0.5) is 0 Å². The fraction of sp³-hybridized carbons (Fsp3) is 0.946. The van der Waals surface area contributed by atoms with Crippen molar-refractivity contribution in [1.82, 2.24) is 0 Å². The third-order valence-electron chi connectivity index (χ3n) is 17.5. The largest absolute Gasteiger partial charge is 0.472 e. The van der Waals surface area contributed by atoms with Gasteiger partial charge in [0.05, 0.1) is 26.4 Å². The van der Waals surface area contributed by atoms with Crippen molar-refractivity contribution >= 4 is 39.5 Å². The van der Waals surface area contributed by atoms with E-state index >= 15 is 0 Å². The zero-order chi connectivity index (χ0) is 68.7. The lowest BCUT2D eigenvalue weighted by molar-refractivity contribution is -0.161. The third-order valence-corrected chi connectivity index (χ3v) is 19.4. The molecule has 0 spiro atoms. The molecular weight excluding hydrogens is 1220 g/mol. The van der Waals surface area contributed by atoms with Gasteiger partial charge in [-0.2, -0.15) is 0 Å². The van der Waals surface area contributed by atoms with Crippen LogP contribution < -0.4 is 0 Å². The van der Waals surface area contributed by atoms with Crippen molar-refractivity contribution in [2.24, 2.45) is 17.8 Å². The monoisotopic (exact) mass is 1370 g/mol. The molecular formula is C74H144O17P2. The Labute approximate surface area is 568 Å². The molecule has 0 aliphatic rings. The number of aliphatic hydroxyl groups is 1. The number of hydrogen-bond donors (Lipinski definition) is 3. The van der Waals surface area contributed by atoms with Gasteiger partial charge in [0.15, 0.2) is 12.2 Å². The van der Waals surface area contributed by atoms with E-state index in [1.807, 2.05) is 0 Å². The summed E-state index contributed by atoms with van der Waals surface area (Å²) in [5.74, 6) is 0.201. The van der Waals surface area contributed by atoms with E-state index in [4.69, 9.17) is 37.0 Å². The molecule has 0 heterocycles. The highest BCUT2D eigenvalue weighted by Gasteiger charge is 2.30. The van der Waals surface area contributed by atoms with Crippen LogP contribution >= 0.6 is 15.6 Å². The normalized spacial score (nSPS) is 14.4. The van der Waals surface area contributed by atoms with Gasteiger partial charge in [-0.1, -0.05) is 325 Å². The van der Waals surface area contributed by atoms with Crippen LogP contribution in [0.25, 0.3) is 0 Å². The Morgan fingerprint density at radius 2 is 0.548 bits per heavy atom. The second-order valence-corrected chi connectivity index (χ2v) is 30.8. The second kappa shape index (κ2) is 64.7. The summed E-state index contributed by atoms with van der Waals surface area (Å²) in [6.45, 7) is 11.9. The van der Waals surface area contributed by atoms with Crippen LogP contribution in [0.3, 0.4) is 0 Å². The topological polar surface area (TPSA) is 237 Å². The minimum Gasteiger partial charge on any atom is -0.462 e. The second-order valence-electron chi connectivity index (χ2n) is 27.9. The molecule has 19 heteroatoms. The Morgan fingerprint density at radius 3 is 0.817 bits per heavy atom. The molecule has 0 aromatic carbocycles. The van der Waals surface area contributed by atoms with Gasteiger partial charge in [0, 0.05) is 25.7 Å². The molecule has 0 rings (SSSR count). The molecule has 0 amide bonds. The van der Waals surface area contributed by atoms with Gasteiger partial charge >= 0.3 is 39.5 Å². The van der Waals surface area contributed by atoms with Crippen molar-refractivity contribution in [3.8, 4) is 0 Å². The number of carbonyl (C=O) groups excluding carboxylic acids is 4. The SMILES string of the molecule is CCCCCCCCCCCCCC(=O)OC[C@H](COP(=O)(O)OC[C@H](O)COP(=O)(O)OC[C@@H](COC(=O)CCCCCCCCCCCCC(C)C)OC(=O)CCCCCCCCCCCCCCCCC(C)CC)OC(=O)CCCCCCCCCCC(C)C. The maximum Gasteiger partial charge on any atom is 0.472 e. The van der Waals surface area contributed by atoms with Crippen LogP contribution in [0, 0.1) is 17.8 Å². The zero-order valence-electron chi connectivity index (χ0n) is 60.7. The molecule has 0 aromatic rings. The summed E-state index contributed by atoms with van der Waals surface area (Å²) >= 11 is 0. The molecule has 0 aromatic heterocycles. The predicted octanol–water partition coefficient (Wildman–Crippen LogP) is 21.4. The summed E-state index contributed by atoms with van der Waals surface area (Å²) in [5, 5.41) is 10.6. The summed E-state index contributed by atoms with van der Waals surface area (Å²) in [5.41, 5.74) is 0. The van der Waals surface area contributed by atoms with Crippen molar-refractivity contribution in [2.75, 3.05) is 39.6 Å². The molecule has 552 valence electrons. The highest BCUT2D eigenvalue weighted by atomic mass is 31.2. The number of rotatable bonds is 72. The molecule has 3 N–H and O–H groups in total. The van der Waals surface area contributed by atoms with E-state index in [2.05, 4.69) is 48.5 Å². The number of unbranched alkanes of at least 4 members (excludes halogenated alkanes) is 39. The smallest absolute Gasteiger partial charge is 0.462 e. The van der Waals surface area contributed by atoms with E-state index < -0.39 is 97.5 Å². The Balaban J connectivity index is 5.24. The van der Waals surface area contributed by atoms with Gasteiger partial charge in [-0.05, 0) is 43.4 Å². The number of phosphoric ester groups is 2. The molecule has 0 saturated carbocycles. The van der Waals surface area contributed by atoms with Crippen molar-refractivity contribution < 1.29 is 80.2 Å². The summed E-state index contributed by atoms with van der Waals surface area (Å²) in [6, 6.07) is 0. The molecule has 17 nitrogen and oxygen atoms in total. The predicted molar refractivity (Wildman–Crippen MR) is 377 cm³/mol. The standard InChI is InChI=1S/C74H144O17P2/c1-8-10-11-12-13-14-19-26-34-41-48-55-71(76)84-62-70(91-74(79)58-51-44-37-30-29-32-39-46-53-66(5)6)64-89-93(82,83)87-60-68(75)59-86-92(80,81)88-63-69(61-85-72(77)56-49-42-35-27-23-22-24-31-38-45-52-65(3)4)90-73(78)57-50-43-36-28-21-18-16-15-17-20-25-33-40-47-54-67(7)9-2/h65-70,75H,8-64H2,1-7H3,(H,80,81)(H,82,83)/t67?,68-,69-,70-/m1/s1. The quantitative estimate of drug-likeness (QED) is 0.0222. The van der Waals surface area contributed by atoms with Crippen molar-refractivity contribution in [3.63, 3.8) is 0 Å². The van der Waals surface area contributed by atoms with Crippen molar-refractivity contribution in [1.29, 1.82) is 0 Å². The van der Waals surface area contributed by atoms with Gasteiger partial charge in [0.1, 0.15) is 19.3 Å². The fourth-order valence-electron chi connectivity index (χ4n) is 11.2. The van der Waals surface area contributed by atoms with Crippen LogP contribution in [-0.2, 0) is 65.4 Å². The molecule has 93 heavy (non-hydrogen) atoms. The minimum atomic E-state index is -4.96. The van der Waals surface area contributed by atoms with Gasteiger partial charge in [0.2, 0.25) is 0 Å². The highest BCUT2D eigenvalue weighted by Crippen LogP contribution is 2.45. The number of aliphatic hydroxyl groups excluding tert-OH is 1. The van der Waals surface area contributed by atoms with E-state index in [-0.39, 0.29) is 25.7 Å². The third kappa shape index (κ3) is 67.0. The van der Waals surface area contributed by atoms with E-state index in [0.29, 0.717) is 25.7 Å². The van der Waals surface area contributed by atoms with Gasteiger partial charge in [-0.25, -0.2) is 9.13 Å². The first-order chi connectivity index (χ1) is 44.8. The number of phosphoric acid groups is 2. The van der Waals surface area contributed by atoms with Gasteiger partial charge in [-0.3, -0.25) is 37.3 Å². The average molecular weight is 1370 g/mol. The zero-order valence-corrected chi connectivity index (χ0v) is 62.5. The van der Waals surface area contributed by atoms with E-state index in [9.17, 15) is 43.2 Å². The van der Waals surface area contributed by atoms with Gasteiger partial charge in [0.25, 0.3) is 0 Å². The van der Waals surface area contributed by atoms with E-state index in [0.717, 1.165) is 108 Å². The first-order valence-corrected chi connectivity index (χ1v) is 41.4. The molecule has 0 aliphatic heterocycles. The summed E-state index contributed by atoms with van der Waals surface area (Å²) in [4.78, 5) is 72.7. The van der Waals surface area contributed by atoms with E-state index in [1.165, 1.54) is 186 Å². The molecule has 0 saturated heterocycles. The van der Waals surface area contributed by atoms with Gasteiger partial charge < -0.3 is 33.8 Å². The lowest BCUT2D eigenvalue weighted by atomic mass is 9.99. The van der Waals surface area contributed by atoms with E-state index in [1.54, 1.807) is 0 Å². The van der Waals surface area contributed by atoms with Crippen LogP contribution in [0.15, 0.2) is 0 Å². The Kier molecular flexibility index (Phi) is 63.4. The first-order valence-electron chi connectivity index (χ1n) is 38.4. The van der Waals surface area contributed by atoms with Crippen LogP contribution in [0.2, 0.25) is 0 Å². The summed E-state index contributed by atoms with van der Waals surface area (Å²) < 4.78 is 68.4. The molecule has 0 bridgehead atoms. The Morgan fingerprint density at radius 1 is 0.312 bits per heavy atom. The van der Waals surface area contributed by atoms with Crippen molar-refractivity contribution in [3.05, 3.63) is 0 Å². The maximum atomic E-state index is 13.1. The molecule has 3 unspecified atom stereocenters. The number of esters is 4. The van der Waals surface area contributed by atoms with Crippen LogP contribution in [-0.4, -0.2) is 96.7 Å². The number of hydrogen-bond acceptors (Lipinski definition) is 15. The van der Waals surface area contributed by atoms with Crippen LogP contribution in [0.5, 0.6) is 0 Å². The maximum absolute atomic E-state index is 13.1.